The van der Waals surface area contributed by atoms with Gasteiger partial charge in [-0.15, -0.1) is 0 Å². The Morgan fingerprint density at radius 1 is 1.14 bits per heavy atom. The van der Waals surface area contributed by atoms with Gasteiger partial charge >= 0.3 is 0 Å². The van der Waals surface area contributed by atoms with E-state index in [1.54, 1.807) is 18.2 Å². The first-order chi connectivity index (χ1) is 9.84. The van der Waals surface area contributed by atoms with E-state index in [0.717, 1.165) is 11.8 Å². The van der Waals surface area contributed by atoms with Crippen molar-refractivity contribution in [1.29, 1.82) is 0 Å². The van der Waals surface area contributed by atoms with E-state index in [1.807, 2.05) is 0 Å². The smallest absolute Gasteiger partial charge is 0.282 e. The Bertz CT molecular complexity index is 803. The third-order valence-corrected chi connectivity index (χ3v) is 9.93. The lowest BCUT2D eigenvalue weighted by atomic mass is 10.0. The zero-order chi connectivity index (χ0) is 15.4. The number of hydrogen-bond acceptors (Lipinski definition) is 5. The van der Waals surface area contributed by atoms with Gasteiger partial charge in [0.1, 0.15) is 4.16 Å². The predicted octanol–water partition coefficient (Wildman–Crippen LogP) is 2.65. The van der Waals surface area contributed by atoms with Gasteiger partial charge in [0.05, 0.1) is 14.6 Å². The molecule has 2 aliphatic rings. The van der Waals surface area contributed by atoms with Crippen molar-refractivity contribution in [3.63, 3.8) is 0 Å². The molecule has 0 spiro atoms. The van der Waals surface area contributed by atoms with Crippen LogP contribution < -0.4 is 5.32 Å². The lowest BCUT2D eigenvalue weighted by molar-refractivity contribution is -0.115. The molecular weight excluding hydrogens is 446 g/mol. The Morgan fingerprint density at radius 2 is 1.81 bits per heavy atom. The number of carbonyl (C=O) groups is 2. The first-order valence-electron chi connectivity index (χ1n) is 5.73. The summed E-state index contributed by atoms with van der Waals surface area (Å²) in [7, 11) is -3.55. The Kier molecular flexibility index (Phi) is 3.79. The highest BCUT2D eigenvalue weighted by molar-refractivity contribution is 9.13. The van der Waals surface area contributed by atoms with Crippen molar-refractivity contribution in [1.82, 2.24) is 5.32 Å². The summed E-state index contributed by atoms with van der Waals surface area (Å²) in [6.07, 6.45) is 0. The van der Waals surface area contributed by atoms with Crippen LogP contribution in [0.15, 0.2) is 34.1 Å². The number of fused-ring (bicyclic) bond motifs is 1. The van der Waals surface area contributed by atoms with Gasteiger partial charge in [0, 0.05) is 0 Å². The fourth-order valence-electron chi connectivity index (χ4n) is 2.23. The van der Waals surface area contributed by atoms with Gasteiger partial charge in [-0.25, -0.2) is 8.42 Å². The quantitative estimate of drug-likeness (QED) is 0.483. The van der Waals surface area contributed by atoms with Gasteiger partial charge in [-0.05, 0) is 29.0 Å². The zero-order valence-corrected chi connectivity index (χ0v) is 15.0. The van der Waals surface area contributed by atoms with Crippen molar-refractivity contribution in [2.75, 3.05) is 0 Å². The molecule has 9 heteroatoms. The van der Waals surface area contributed by atoms with Crippen LogP contribution in [0.5, 0.6) is 0 Å². The molecule has 110 valence electrons. The standard InChI is InChI=1S/C12H7Br2NO4S2/c13-8-7(9-11(16)15-12(17)20-9)5-3-1-2-4-6(5)21(18,19)10(8)14/h1-4,8,10H,(H,15,16,17)/b9-7+. The lowest BCUT2D eigenvalue weighted by Gasteiger charge is -2.29. The van der Waals surface area contributed by atoms with Gasteiger partial charge in [0.25, 0.3) is 11.1 Å². The maximum atomic E-state index is 12.4. The van der Waals surface area contributed by atoms with Crippen LogP contribution in [0.25, 0.3) is 5.57 Å². The third kappa shape index (κ3) is 2.30. The second-order valence-corrected chi connectivity index (χ2v) is 9.98. The summed E-state index contributed by atoms with van der Waals surface area (Å²) >= 11 is 7.29. The van der Waals surface area contributed by atoms with Crippen LogP contribution in [0.1, 0.15) is 5.56 Å². The molecule has 0 bridgehead atoms. The van der Waals surface area contributed by atoms with E-state index >= 15 is 0 Å². The number of carbonyl (C=O) groups excluding carboxylic acids is 2. The Labute approximate surface area is 141 Å². The second kappa shape index (κ2) is 5.22. The molecule has 2 aliphatic heterocycles. The van der Waals surface area contributed by atoms with Crippen LogP contribution in [0.4, 0.5) is 4.79 Å². The van der Waals surface area contributed by atoms with Crippen LogP contribution in [0.2, 0.25) is 0 Å². The minimum absolute atomic E-state index is 0.151. The average molecular weight is 453 g/mol. The van der Waals surface area contributed by atoms with E-state index in [9.17, 15) is 18.0 Å². The van der Waals surface area contributed by atoms with Crippen molar-refractivity contribution in [3.8, 4) is 0 Å². The molecule has 2 amide bonds. The van der Waals surface area contributed by atoms with Gasteiger partial charge in [0.15, 0.2) is 9.84 Å². The number of sulfone groups is 1. The summed E-state index contributed by atoms with van der Waals surface area (Å²) in [6.45, 7) is 0. The number of amides is 2. The van der Waals surface area contributed by atoms with Crippen LogP contribution in [-0.4, -0.2) is 28.6 Å². The van der Waals surface area contributed by atoms with E-state index in [1.165, 1.54) is 6.07 Å². The maximum absolute atomic E-state index is 12.4. The first-order valence-corrected chi connectivity index (χ1v) is 9.92. The number of alkyl halides is 2. The summed E-state index contributed by atoms with van der Waals surface area (Å²) in [6, 6.07) is 6.46. The van der Waals surface area contributed by atoms with Crippen molar-refractivity contribution in [3.05, 3.63) is 34.7 Å². The highest BCUT2D eigenvalue weighted by atomic mass is 79.9. The van der Waals surface area contributed by atoms with Crippen LogP contribution in [0, 0.1) is 0 Å². The number of halogens is 2. The predicted molar refractivity (Wildman–Crippen MR) is 87.1 cm³/mol. The molecule has 5 nitrogen and oxygen atoms in total. The molecule has 2 unspecified atom stereocenters. The number of rotatable bonds is 0. The van der Waals surface area contributed by atoms with Gasteiger partial charge in [0.2, 0.25) is 0 Å². The highest BCUT2D eigenvalue weighted by Crippen LogP contribution is 2.47. The second-order valence-electron chi connectivity index (χ2n) is 4.38. The molecule has 0 radical (unpaired) electrons. The fraction of sp³-hybridized carbons (Fsp3) is 0.167. The largest absolute Gasteiger partial charge is 0.290 e. The van der Waals surface area contributed by atoms with E-state index < -0.39 is 30.0 Å². The molecule has 1 N–H and O–H groups in total. The van der Waals surface area contributed by atoms with Crippen molar-refractivity contribution >= 4 is 70.2 Å². The van der Waals surface area contributed by atoms with Crippen molar-refractivity contribution in [2.24, 2.45) is 0 Å². The van der Waals surface area contributed by atoms with Crippen LogP contribution in [-0.2, 0) is 14.6 Å². The lowest BCUT2D eigenvalue weighted by Crippen LogP contribution is -2.32. The molecule has 21 heavy (non-hydrogen) atoms. The monoisotopic (exact) mass is 451 g/mol. The molecule has 1 fully saturated rings. The van der Waals surface area contributed by atoms with Gasteiger partial charge < -0.3 is 0 Å². The molecule has 1 aromatic rings. The maximum Gasteiger partial charge on any atom is 0.290 e. The van der Waals surface area contributed by atoms with E-state index in [-0.39, 0.29) is 9.80 Å². The Hall–Kier alpha value is -0.640. The summed E-state index contributed by atoms with van der Waals surface area (Å²) < 4.78 is 24.0. The molecule has 1 aromatic carbocycles. The van der Waals surface area contributed by atoms with E-state index in [2.05, 4.69) is 37.2 Å². The summed E-state index contributed by atoms with van der Waals surface area (Å²) in [5.41, 5.74) is 0.957. The molecular formula is C12H7Br2NO4S2. The molecule has 0 aliphatic carbocycles. The number of hydrogen-bond donors (Lipinski definition) is 1. The number of imide groups is 1. The van der Waals surface area contributed by atoms with Gasteiger partial charge in [-0.2, -0.15) is 0 Å². The number of allylic oxidation sites excluding steroid dienone is 1. The number of benzene rings is 1. The SMILES string of the molecule is O=C1NC(=O)/C(=C2/c3ccccc3S(=O)(=O)C(Br)C2Br)S1. The van der Waals surface area contributed by atoms with Crippen molar-refractivity contribution < 1.29 is 18.0 Å². The van der Waals surface area contributed by atoms with Gasteiger partial charge in [-0.1, -0.05) is 50.1 Å². The van der Waals surface area contributed by atoms with Crippen LogP contribution >= 0.6 is 43.6 Å². The molecule has 0 aromatic heterocycles. The Balaban J connectivity index is 2.35. The van der Waals surface area contributed by atoms with Crippen molar-refractivity contribution in [2.45, 2.75) is 13.9 Å². The average Bonchev–Trinajstić information content (AvgIpc) is 2.76. The first kappa shape index (κ1) is 15.3. The molecule has 0 saturated carbocycles. The van der Waals surface area contributed by atoms with Crippen LogP contribution in [0.3, 0.4) is 0 Å². The zero-order valence-electron chi connectivity index (χ0n) is 10.2. The summed E-state index contributed by atoms with van der Waals surface area (Å²) in [5, 5.41) is 1.73. The third-order valence-electron chi connectivity index (χ3n) is 3.15. The topological polar surface area (TPSA) is 80.3 Å². The molecule has 3 rings (SSSR count). The normalized spacial score (nSPS) is 31.0. The van der Waals surface area contributed by atoms with E-state index in [4.69, 9.17) is 0 Å². The number of nitrogens with one attached hydrogen (secondary N) is 1. The van der Waals surface area contributed by atoms with E-state index in [0.29, 0.717) is 11.1 Å². The minimum Gasteiger partial charge on any atom is -0.282 e. The molecule has 1 saturated heterocycles. The minimum atomic E-state index is -3.55. The number of thioether (sulfide) groups is 1. The summed E-state index contributed by atoms with van der Waals surface area (Å²) in [4.78, 5) is 23.0. The highest BCUT2D eigenvalue weighted by Gasteiger charge is 2.44. The summed E-state index contributed by atoms with van der Waals surface area (Å²) in [5.74, 6) is -0.502. The molecule has 2 heterocycles. The Morgan fingerprint density at radius 3 is 2.43 bits per heavy atom. The van der Waals surface area contributed by atoms with Gasteiger partial charge in [-0.3, -0.25) is 14.9 Å². The fourth-order valence-corrected chi connectivity index (χ4v) is 6.85. The molecule has 2 atom stereocenters.